The molecule has 0 aliphatic carbocycles. The van der Waals surface area contributed by atoms with E-state index in [1.165, 1.54) is 6.07 Å². The fourth-order valence-corrected chi connectivity index (χ4v) is 2.20. The lowest BCUT2D eigenvalue weighted by atomic mass is 10.2. The van der Waals surface area contributed by atoms with Crippen LogP contribution in [-0.4, -0.2) is 37.3 Å². The molecule has 0 atom stereocenters. The van der Waals surface area contributed by atoms with E-state index in [0.717, 1.165) is 24.3 Å². The van der Waals surface area contributed by atoms with Crippen molar-refractivity contribution in [2.45, 2.75) is 13.3 Å². The van der Waals surface area contributed by atoms with E-state index in [2.05, 4.69) is 15.4 Å². The molecule has 0 spiro atoms. The predicted molar refractivity (Wildman–Crippen MR) is 96.5 cm³/mol. The Morgan fingerprint density at radius 3 is 2.31 bits per heavy atom. The van der Waals surface area contributed by atoms with Crippen molar-refractivity contribution < 1.29 is 37.0 Å². The number of esters is 1. The predicted octanol–water partition coefficient (Wildman–Crippen LogP) is 3.13. The van der Waals surface area contributed by atoms with E-state index in [9.17, 15) is 27.6 Å². The molecule has 0 saturated heterocycles. The van der Waals surface area contributed by atoms with Gasteiger partial charge in [-0.2, -0.15) is 0 Å². The Labute approximate surface area is 163 Å². The van der Waals surface area contributed by atoms with Gasteiger partial charge in [-0.25, -0.2) is 4.79 Å². The molecule has 0 aromatic heterocycles. The van der Waals surface area contributed by atoms with Crippen LogP contribution < -0.4 is 15.4 Å². The summed E-state index contributed by atoms with van der Waals surface area (Å²) in [5.74, 6) is -2.33. The summed E-state index contributed by atoms with van der Waals surface area (Å²) in [4.78, 5) is 35.6. The average Bonchev–Trinajstić information content (AvgIpc) is 2.66. The molecule has 0 radical (unpaired) electrons. The standard InChI is InChI=1S/C19H17F3N2O5/c1-2-23-17(26)13-4-3-5-14(10-13)24-16(25)11-28-18(27)12-6-8-15(9-7-12)29-19(20,21)22/h3-10H,2,11H2,1H3,(H,23,26)(H,24,25). The lowest BCUT2D eigenvalue weighted by Crippen LogP contribution is -2.23. The van der Waals surface area contributed by atoms with Crippen LogP contribution in [0, 0.1) is 0 Å². The number of ether oxygens (including phenoxy) is 2. The Bertz CT molecular complexity index is 882. The highest BCUT2D eigenvalue weighted by Gasteiger charge is 2.31. The van der Waals surface area contributed by atoms with Crippen LogP contribution in [-0.2, 0) is 9.53 Å². The average molecular weight is 410 g/mol. The molecule has 10 heteroatoms. The third-order valence-electron chi connectivity index (χ3n) is 3.40. The number of anilines is 1. The maximum absolute atomic E-state index is 12.1. The summed E-state index contributed by atoms with van der Waals surface area (Å²) >= 11 is 0. The first-order valence-electron chi connectivity index (χ1n) is 8.39. The number of hydrogen-bond donors (Lipinski definition) is 2. The quantitative estimate of drug-likeness (QED) is 0.684. The molecule has 0 heterocycles. The van der Waals surface area contributed by atoms with Gasteiger partial charge in [-0.3, -0.25) is 9.59 Å². The number of halogens is 3. The van der Waals surface area contributed by atoms with E-state index in [4.69, 9.17) is 4.74 Å². The maximum atomic E-state index is 12.1. The molecule has 0 saturated carbocycles. The second kappa shape index (κ2) is 9.58. The van der Waals surface area contributed by atoms with E-state index in [1.54, 1.807) is 25.1 Å². The van der Waals surface area contributed by atoms with Gasteiger partial charge in [-0.1, -0.05) is 6.07 Å². The van der Waals surface area contributed by atoms with Gasteiger partial charge in [0.1, 0.15) is 5.75 Å². The molecule has 2 aromatic rings. The van der Waals surface area contributed by atoms with E-state index in [1.807, 2.05) is 0 Å². The topological polar surface area (TPSA) is 93.7 Å². The zero-order valence-corrected chi connectivity index (χ0v) is 15.2. The Kier molecular flexibility index (Phi) is 7.18. The molecule has 0 aliphatic rings. The van der Waals surface area contributed by atoms with Crippen LogP contribution in [0.4, 0.5) is 18.9 Å². The largest absolute Gasteiger partial charge is 0.573 e. The van der Waals surface area contributed by atoms with Gasteiger partial charge in [0.25, 0.3) is 11.8 Å². The van der Waals surface area contributed by atoms with Gasteiger partial charge < -0.3 is 20.1 Å². The second-order valence-electron chi connectivity index (χ2n) is 5.64. The molecule has 2 aromatic carbocycles. The van der Waals surface area contributed by atoms with Crippen LogP contribution >= 0.6 is 0 Å². The van der Waals surface area contributed by atoms with Gasteiger partial charge in [-0.05, 0) is 49.4 Å². The summed E-state index contributed by atoms with van der Waals surface area (Å²) in [6, 6.07) is 10.2. The Morgan fingerprint density at radius 2 is 1.69 bits per heavy atom. The molecule has 0 bridgehead atoms. The summed E-state index contributed by atoms with van der Waals surface area (Å²) in [7, 11) is 0. The van der Waals surface area contributed by atoms with Gasteiger partial charge in [0, 0.05) is 17.8 Å². The Morgan fingerprint density at radius 1 is 1.00 bits per heavy atom. The van der Waals surface area contributed by atoms with Gasteiger partial charge in [-0.15, -0.1) is 13.2 Å². The first-order chi connectivity index (χ1) is 13.7. The molecule has 0 aliphatic heterocycles. The lowest BCUT2D eigenvalue weighted by Gasteiger charge is -2.10. The number of rotatable bonds is 7. The number of carbonyl (C=O) groups is 3. The first kappa shape index (κ1) is 21.7. The van der Waals surface area contributed by atoms with E-state index < -0.39 is 30.6 Å². The Hall–Kier alpha value is -3.56. The summed E-state index contributed by atoms with van der Waals surface area (Å²) in [5.41, 5.74) is 0.636. The summed E-state index contributed by atoms with van der Waals surface area (Å²) < 4.78 is 44.9. The third-order valence-corrected chi connectivity index (χ3v) is 3.40. The molecular weight excluding hydrogens is 393 g/mol. The van der Waals surface area contributed by atoms with Crippen molar-refractivity contribution in [1.82, 2.24) is 5.32 Å². The SMILES string of the molecule is CCNC(=O)c1cccc(NC(=O)COC(=O)c2ccc(OC(F)(F)F)cc2)c1. The van der Waals surface area contributed by atoms with Crippen molar-refractivity contribution in [1.29, 1.82) is 0 Å². The van der Waals surface area contributed by atoms with Crippen molar-refractivity contribution in [2.24, 2.45) is 0 Å². The van der Waals surface area contributed by atoms with Crippen LogP contribution in [0.1, 0.15) is 27.6 Å². The van der Waals surface area contributed by atoms with E-state index in [0.29, 0.717) is 17.8 Å². The zero-order chi connectivity index (χ0) is 21.4. The molecule has 0 unspecified atom stereocenters. The fourth-order valence-electron chi connectivity index (χ4n) is 2.20. The first-order valence-corrected chi connectivity index (χ1v) is 8.39. The van der Waals surface area contributed by atoms with Crippen LogP contribution in [0.25, 0.3) is 0 Å². The Balaban J connectivity index is 1.88. The third kappa shape index (κ3) is 7.17. The smallest absolute Gasteiger partial charge is 0.452 e. The molecule has 0 fully saturated rings. The fraction of sp³-hybridized carbons (Fsp3) is 0.211. The molecule has 2 amide bonds. The summed E-state index contributed by atoms with van der Waals surface area (Å²) in [6.45, 7) is 1.61. The van der Waals surface area contributed by atoms with Gasteiger partial charge in [0.2, 0.25) is 0 Å². The van der Waals surface area contributed by atoms with Crippen molar-refractivity contribution in [3.8, 4) is 5.75 Å². The van der Waals surface area contributed by atoms with Crippen LogP contribution in [0.5, 0.6) is 5.75 Å². The molecule has 154 valence electrons. The normalized spacial score (nSPS) is 10.8. The molecule has 7 nitrogen and oxygen atoms in total. The van der Waals surface area contributed by atoms with Gasteiger partial charge in [0.05, 0.1) is 5.56 Å². The highest BCUT2D eigenvalue weighted by atomic mass is 19.4. The molecule has 29 heavy (non-hydrogen) atoms. The number of benzene rings is 2. The van der Waals surface area contributed by atoms with Crippen LogP contribution in [0.2, 0.25) is 0 Å². The van der Waals surface area contributed by atoms with Crippen LogP contribution in [0.3, 0.4) is 0 Å². The van der Waals surface area contributed by atoms with Crippen LogP contribution in [0.15, 0.2) is 48.5 Å². The highest BCUT2D eigenvalue weighted by Crippen LogP contribution is 2.22. The number of carbonyl (C=O) groups excluding carboxylic acids is 3. The monoisotopic (exact) mass is 410 g/mol. The number of hydrogen-bond acceptors (Lipinski definition) is 5. The summed E-state index contributed by atoms with van der Waals surface area (Å²) in [6.07, 6.45) is -4.84. The number of alkyl halides is 3. The number of amides is 2. The molecular formula is C19H17F3N2O5. The van der Waals surface area contributed by atoms with Gasteiger partial charge >= 0.3 is 12.3 Å². The van der Waals surface area contributed by atoms with Crippen molar-refractivity contribution in [3.05, 3.63) is 59.7 Å². The summed E-state index contributed by atoms with van der Waals surface area (Å²) in [5, 5.41) is 5.10. The minimum Gasteiger partial charge on any atom is -0.452 e. The second-order valence-corrected chi connectivity index (χ2v) is 5.64. The molecule has 2 rings (SSSR count). The maximum Gasteiger partial charge on any atom is 0.573 e. The van der Waals surface area contributed by atoms with Gasteiger partial charge in [0.15, 0.2) is 6.61 Å². The minimum absolute atomic E-state index is 0.0504. The minimum atomic E-state index is -4.84. The molecule has 2 N–H and O–H groups in total. The van der Waals surface area contributed by atoms with Crippen molar-refractivity contribution >= 4 is 23.5 Å². The van der Waals surface area contributed by atoms with E-state index in [-0.39, 0.29) is 11.5 Å². The van der Waals surface area contributed by atoms with E-state index >= 15 is 0 Å². The van der Waals surface area contributed by atoms with Crippen molar-refractivity contribution in [3.63, 3.8) is 0 Å². The van der Waals surface area contributed by atoms with Crippen molar-refractivity contribution in [2.75, 3.05) is 18.5 Å². The lowest BCUT2D eigenvalue weighted by molar-refractivity contribution is -0.274. The zero-order valence-electron chi connectivity index (χ0n) is 15.2. The highest BCUT2D eigenvalue weighted by molar-refractivity contribution is 5.98. The number of nitrogens with one attached hydrogen (secondary N) is 2.